The van der Waals surface area contributed by atoms with Crippen molar-refractivity contribution in [3.63, 3.8) is 0 Å². The van der Waals surface area contributed by atoms with Crippen LogP contribution >= 0.6 is 12.4 Å². The Balaban J connectivity index is 0.00000161. The molecule has 0 spiro atoms. The Morgan fingerprint density at radius 3 is 2.24 bits per heavy atom. The summed E-state index contributed by atoms with van der Waals surface area (Å²) in [6.45, 7) is 1.55. The fourth-order valence-corrected chi connectivity index (χ4v) is 3.43. The number of primary amides is 1. The number of rotatable bonds is 2. The number of likely N-dealkylation sites (tertiary alicyclic amines) is 1. The lowest BCUT2D eigenvalue weighted by Crippen LogP contribution is -2.33. The fraction of sp³-hybridized carbons (Fsp3) is 0.467. The van der Waals surface area contributed by atoms with Crippen LogP contribution in [0.4, 0.5) is 0 Å². The summed E-state index contributed by atoms with van der Waals surface area (Å²) in [6.07, 6.45) is 2.20. The zero-order chi connectivity index (χ0) is 14.3. The Labute approximate surface area is 130 Å². The lowest BCUT2D eigenvalue weighted by molar-refractivity contribution is 0.0779. The monoisotopic (exact) mass is 309 g/mol. The quantitative estimate of drug-likeness (QED) is 0.854. The van der Waals surface area contributed by atoms with Crippen LogP contribution in [-0.2, 0) is 0 Å². The van der Waals surface area contributed by atoms with Crippen molar-refractivity contribution in [1.29, 1.82) is 0 Å². The summed E-state index contributed by atoms with van der Waals surface area (Å²) < 4.78 is 0. The van der Waals surface area contributed by atoms with Crippen LogP contribution in [0.2, 0.25) is 0 Å². The lowest BCUT2D eigenvalue weighted by Gasteiger charge is -2.18. The average Bonchev–Trinajstić information content (AvgIpc) is 3.01. The molecule has 21 heavy (non-hydrogen) atoms. The number of amides is 2. The van der Waals surface area contributed by atoms with Crippen LogP contribution in [0.3, 0.4) is 0 Å². The molecule has 4 N–H and O–H groups in total. The van der Waals surface area contributed by atoms with Gasteiger partial charge >= 0.3 is 0 Å². The number of halogens is 1. The predicted octanol–water partition coefficient (Wildman–Crippen LogP) is 1.02. The largest absolute Gasteiger partial charge is 0.366 e. The number of carbonyl (C=O) groups excluding carboxylic acids is 2. The van der Waals surface area contributed by atoms with E-state index in [0.717, 1.165) is 25.9 Å². The second-order valence-corrected chi connectivity index (χ2v) is 5.82. The van der Waals surface area contributed by atoms with E-state index >= 15 is 0 Å². The van der Waals surface area contributed by atoms with Crippen LogP contribution in [0.15, 0.2) is 24.3 Å². The molecule has 1 saturated carbocycles. The molecule has 2 aliphatic rings. The number of hydrogen-bond donors (Lipinski definition) is 2. The van der Waals surface area contributed by atoms with Crippen LogP contribution in [0.25, 0.3) is 0 Å². The minimum atomic E-state index is -0.481. The molecule has 2 amide bonds. The highest BCUT2D eigenvalue weighted by atomic mass is 35.5. The summed E-state index contributed by atoms with van der Waals surface area (Å²) in [6, 6.07) is 6.75. The van der Waals surface area contributed by atoms with E-state index in [1.165, 1.54) is 0 Å². The maximum absolute atomic E-state index is 12.4. The van der Waals surface area contributed by atoms with E-state index in [0.29, 0.717) is 23.0 Å². The third-order valence-corrected chi connectivity index (χ3v) is 4.62. The predicted molar refractivity (Wildman–Crippen MR) is 82.3 cm³/mol. The number of carbonyl (C=O) groups is 2. The standard InChI is InChI=1S/C15H19N3O2.ClH/c16-13-6-5-11-7-18(8-12(11)13)15(20)10-3-1-9(2-4-10)14(17)19;/h1-4,11-13H,5-8,16H2,(H2,17,19);1H. The number of nitrogens with zero attached hydrogens (tertiary/aromatic N) is 1. The summed E-state index contributed by atoms with van der Waals surface area (Å²) in [7, 11) is 0. The van der Waals surface area contributed by atoms with Gasteiger partial charge in [-0.15, -0.1) is 12.4 Å². The number of hydrogen-bond acceptors (Lipinski definition) is 3. The van der Waals surface area contributed by atoms with Crippen molar-refractivity contribution in [2.75, 3.05) is 13.1 Å². The third kappa shape index (κ3) is 2.89. The minimum Gasteiger partial charge on any atom is -0.366 e. The second kappa shape index (κ2) is 6.03. The maximum atomic E-state index is 12.4. The first-order valence-electron chi connectivity index (χ1n) is 7.01. The van der Waals surface area contributed by atoms with Gasteiger partial charge < -0.3 is 16.4 Å². The van der Waals surface area contributed by atoms with Crippen LogP contribution in [0.5, 0.6) is 0 Å². The normalized spacial score (nSPS) is 27.1. The van der Waals surface area contributed by atoms with Crippen LogP contribution in [0, 0.1) is 11.8 Å². The van der Waals surface area contributed by atoms with Gasteiger partial charge in [0.1, 0.15) is 0 Å². The van der Waals surface area contributed by atoms with Gasteiger partial charge in [0.05, 0.1) is 0 Å². The molecule has 114 valence electrons. The van der Waals surface area contributed by atoms with Gasteiger partial charge in [-0.05, 0) is 48.9 Å². The molecule has 0 aromatic heterocycles. The second-order valence-electron chi connectivity index (χ2n) is 5.82. The third-order valence-electron chi connectivity index (χ3n) is 4.62. The van der Waals surface area contributed by atoms with Crippen molar-refractivity contribution in [3.8, 4) is 0 Å². The highest BCUT2D eigenvalue weighted by Gasteiger charge is 2.42. The first-order valence-corrected chi connectivity index (χ1v) is 7.01. The van der Waals surface area contributed by atoms with Gasteiger partial charge in [0.25, 0.3) is 5.91 Å². The molecule has 0 radical (unpaired) electrons. The molecule has 3 rings (SSSR count). The van der Waals surface area contributed by atoms with Crippen molar-refractivity contribution < 1.29 is 9.59 Å². The maximum Gasteiger partial charge on any atom is 0.253 e. The van der Waals surface area contributed by atoms with Crippen LogP contribution in [-0.4, -0.2) is 35.8 Å². The van der Waals surface area contributed by atoms with Gasteiger partial charge in [0, 0.05) is 30.3 Å². The van der Waals surface area contributed by atoms with E-state index in [1.54, 1.807) is 24.3 Å². The molecular weight excluding hydrogens is 290 g/mol. The molecule has 3 unspecified atom stereocenters. The highest BCUT2D eigenvalue weighted by Crippen LogP contribution is 2.37. The van der Waals surface area contributed by atoms with E-state index < -0.39 is 5.91 Å². The first kappa shape index (κ1) is 15.8. The Bertz CT molecular complexity index is 546. The molecule has 1 aromatic carbocycles. The van der Waals surface area contributed by atoms with Gasteiger partial charge in [-0.25, -0.2) is 0 Å². The van der Waals surface area contributed by atoms with Gasteiger partial charge in [-0.2, -0.15) is 0 Å². The molecule has 1 heterocycles. The molecule has 3 atom stereocenters. The number of fused-ring (bicyclic) bond motifs is 1. The summed E-state index contributed by atoms with van der Waals surface area (Å²) >= 11 is 0. The Morgan fingerprint density at radius 2 is 1.67 bits per heavy atom. The molecule has 6 heteroatoms. The molecule has 2 fully saturated rings. The summed E-state index contributed by atoms with van der Waals surface area (Å²) in [5.74, 6) is 0.538. The zero-order valence-electron chi connectivity index (χ0n) is 11.7. The molecule has 0 bridgehead atoms. The molecule has 1 aliphatic heterocycles. The molecule has 5 nitrogen and oxygen atoms in total. The molecular formula is C15H20ClN3O2. The van der Waals surface area contributed by atoms with E-state index in [-0.39, 0.29) is 24.4 Å². The summed E-state index contributed by atoms with van der Waals surface area (Å²) in [4.78, 5) is 25.3. The number of benzene rings is 1. The Hall–Kier alpha value is -1.59. The smallest absolute Gasteiger partial charge is 0.253 e. The molecule has 1 aliphatic carbocycles. The first-order chi connectivity index (χ1) is 9.56. The van der Waals surface area contributed by atoms with Crippen LogP contribution in [0.1, 0.15) is 33.6 Å². The SMILES string of the molecule is Cl.NC(=O)c1ccc(C(=O)N2CC3CCC(N)C3C2)cc1. The summed E-state index contributed by atoms with van der Waals surface area (Å²) in [5.41, 5.74) is 12.3. The van der Waals surface area contributed by atoms with Crippen molar-refractivity contribution in [2.45, 2.75) is 18.9 Å². The Kier molecular flexibility index (Phi) is 4.54. The van der Waals surface area contributed by atoms with Crippen molar-refractivity contribution >= 4 is 24.2 Å². The van der Waals surface area contributed by atoms with Gasteiger partial charge in [-0.1, -0.05) is 0 Å². The van der Waals surface area contributed by atoms with E-state index in [4.69, 9.17) is 11.5 Å². The lowest BCUT2D eigenvalue weighted by atomic mass is 9.98. The van der Waals surface area contributed by atoms with Gasteiger partial charge in [0.15, 0.2) is 0 Å². The van der Waals surface area contributed by atoms with Gasteiger partial charge in [-0.3, -0.25) is 9.59 Å². The van der Waals surface area contributed by atoms with E-state index in [1.807, 2.05) is 4.90 Å². The topological polar surface area (TPSA) is 89.4 Å². The van der Waals surface area contributed by atoms with Crippen molar-refractivity contribution in [2.24, 2.45) is 23.3 Å². The van der Waals surface area contributed by atoms with E-state index in [9.17, 15) is 9.59 Å². The summed E-state index contributed by atoms with van der Waals surface area (Å²) in [5, 5.41) is 0. The zero-order valence-corrected chi connectivity index (χ0v) is 12.5. The number of nitrogens with two attached hydrogens (primary N) is 2. The Morgan fingerprint density at radius 1 is 1.05 bits per heavy atom. The van der Waals surface area contributed by atoms with E-state index in [2.05, 4.69) is 0 Å². The highest BCUT2D eigenvalue weighted by molar-refractivity contribution is 5.97. The average molecular weight is 310 g/mol. The molecule has 1 aromatic rings. The van der Waals surface area contributed by atoms with Crippen molar-refractivity contribution in [1.82, 2.24) is 4.90 Å². The fourth-order valence-electron chi connectivity index (χ4n) is 3.43. The van der Waals surface area contributed by atoms with Crippen molar-refractivity contribution in [3.05, 3.63) is 35.4 Å². The van der Waals surface area contributed by atoms with Gasteiger partial charge in [0.2, 0.25) is 5.91 Å². The minimum absolute atomic E-state index is 0. The molecule has 1 saturated heterocycles. The van der Waals surface area contributed by atoms with Crippen LogP contribution < -0.4 is 11.5 Å².